The van der Waals surface area contributed by atoms with Gasteiger partial charge in [-0.05, 0) is 39.8 Å². The van der Waals surface area contributed by atoms with Gasteiger partial charge in [-0.15, -0.1) is 0 Å². The molecule has 0 aliphatic heterocycles. The van der Waals surface area contributed by atoms with Crippen LogP contribution in [0.1, 0.15) is 25.7 Å². The van der Waals surface area contributed by atoms with Crippen molar-refractivity contribution in [2.45, 2.75) is 37.3 Å². The first-order valence-electron chi connectivity index (χ1n) is 4.71. The first-order chi connectivity index (χ1) is 5.96. The van der Waals surface area contributed by atoms with Crippen molar-refractivity contribution in [3.05, 3.63) is 0 Å². The quantitative estimate of drug-likeness (QED) is 0.619. The van der Waals surface area contributed by atoms with Gasteiger partial charge in [0.25, 0.3) is 0 Å². The predicted octanol–water partition coefficient (Wildman–Crippen LogP) is -0.327. The zero-order valence-electron chi connectivity index (χ0n) is 8.42. The molecule has 2 atom stereocenters. The monoisotopic (exact) mass is 185 g/mol. The lowest BCUT2D eigenvalue weighted by Gasteiger charge is -2.38. The zero-order valence-corrected chi connectivity index (χ0v) is 8.42. The van der Waals surface area contributed by atoms with Crippen LogP contribution in [0, 0.1) is 0 Å². The van der Waals surface area contributed by atoms with E-state index in [4.69, 9.17) is 11.5 Å². The molecule has 4 N–H and O–H groups in total. The molecule has 1 fully saturated rings. The summed E-state index contributed by atoms with van der Waals surface area (Å²) >= 11 is 0. The van der Waals surface area contributed by atoms with E-state index in [1.165, 1.54) is 0 Å². The molecule has 1 rings (SSSR count). The van der Waals surface area contributed by atoms with Crippen LogP contribution < -0.4 is 11.5 Å². The highest BCUT2D eigenvalue weighted by Gasteiger charge is 2.38. The second-order valence-corrected chi connectivity index (χ2v) is 4.23. The maximum atomic E-state index is 11.1. The summed E-state index contributed by atoms with van der Waals surface area (Å²) < 4.78 is 0. The van der Waals surface area contributed by atoms with Gasteiger partial charge in [0, 0.05) is 6.04 Å². The average molecular weight is 185 g/mol. The first-order valence-corrected chi connectivity index (χ1v) is 4.71. The van der Waals surface area contributed by atoms with Crippen molar-refractivity contribution in [1.82, 2.24) is 4.90 Å². The number of hydrogen-bond acceptors (Lipinski definition) is 3. The second kappa shape index (κ2) is 3.64. The highest BCUT2D eigenvalue weighted by molar-refractivity contribution is 5.84. The Morgan fingerprint density at radius 2 is 2.15 bits per heavy atom. The number of amides is 1. The van der Waals surface area contributed by atoms with E-state index in [0.29, 0.717) is 12.5 Å². The first kappa shape index (κ1) is 10.5. The number of hydrogen-bond donors (Lipinski definition) is 2. The van der Waals surface area contributed by atoms with Crippen molar-refractivity contribution >= 4 is 5.91 Å². The van der Waals surface area contributed by atoms with Crippen molar-refractivity contribution in [3.8, 4) is 0 Å². The van der Waals surface area contributed by atoms with Crippen LogP contribution in [-0.2, 0) is 4.79 Å². The third-order valence-electron chi connectivity index (χ3n) is 2.98. The molecule has 1 saturated carbocycles. The largest absolute Gasteiger partial charge is 0.368 e. The zero-order chi connectivity index (χ0) is 10.1. The minimum atomic E-state index is -0.771. The molecule has 0 bridgehead atoms. The van der Waals surface area contributed by atoms with Crippen LogP contribution in [0.15, 0.2) is 0 Å². The van der Waals surface area contributed by atoms with E-state index in [2.05, 4.69) is 4.90 Å². The molecule has 0 saturated heterocycles. The van der Waals surface area contributed by atoms with Gasteiger partial charge in [-0.25, -0.2) is 0 Å². The van der Waals surface area contributed by atoms with Crippen LogP contribution in [0.4, 0.5) is 0 Å². The molecule has 0 aromatic carbocycles. The molecular formula is C9H19N3O. The second-order valence-electron chi connectivity index (χ2n) is 4.23. The molecule has 0 aromatic rings. The van der Waals surface area contributed by atoms with Crippen LogP contribution >= 0.6 is 0 Å². The summed E-state index contributed by atoms with van der Waals surface area (Å²) in [6.45, 7) is 0. The summed E-state index contributed by atoms with van der Waals surface area (Å²) in [5.74, 6) is -0.362. The molecule has 0 heterocycles. The molecule has 1 aliphatic carbocycles. The summed E-state index contributed by atoms with van der Waals surface area (Å²) in [5.41, 5.74) is 10.4. The third kappa shape index (κ3) is 2.19. The average Bonchev–Trinajstić information content (AvgIpc) is 2.04. The lowest BCUT2D eigenvalue weighted by Crippen LogP contribution is -2.57. The molecule has 4 nitrogen and oxygen atoms in total. The van der Waals surface area contributed by atoms with Gasteiger partial charge in [-0.1, -0.05) is 0 Å². The van der Waals surface area contributed by atoms with E-state index >= 15 is 0 Å². The summed E-state index contributed by atoms with van der Waals surface area (Å²) in [6.07, 6.45) is 3.52. The smallest absolute Gasteiger partial charge is 0.237 e. The molecule has 4 heteroatoms. The van der Waals surface area contributed by atoms with Gasteiger partial charge in [0.05, 0.1) is 5.54 Å². The van der Waals surface area contributed by atoms with Gasteiger partial charge in [0.15, 0.2) is 0 Å². The Kier molecular flexibility index (Phi) is 2.93. The summed E-state index contributed by atoms with van der Waals surface area (Å²) in [7, 11) is 4.02. The fraction of sp³-hybridized carbons (Fsp3) is 0.889. The number of rotatable bonds is 2. The van der Waals surface area contributed by atoms with Crippen LogP contribution in [0.3, 0.4) is 0 Å². The summed E-state index contributed by atoms with van der Waals surface area (Å²) in [4.78, 5) is 13.2. The van der Waals surface area contributed by atoms with Gasteiger partial charge < -0.3 is 16.4 Å². The summed E-state index contributed by atoms with van der Waals surface area (Å²) in [6, 6.07) is 0.395. The maximum absolute atomic E-state index is 11.1. The number of primary amides is 1. The molecule has 1 amide bonds. The summed E-state index contributed by atoms with van der Waals surface area (Å²) in [5, 5.41) is 0. The van der Waals surface area contributed by atoms with Crippen LogP contribution in [0.5, 0.6) is 0 Å². The molecule has 76 valence electrons. The standard InChI is InChI=1S/C9H19N3O/c1-12(2)7-4-3-5-9(11,6-7)8(10)13/h7H,3-6,11H2,1-2H3,(H2,10,13). The lowest BCUT2D eigenvalue weighted by molar-refractivity contribution is -0.124. The molecule has 2 unspecified atom stereocenters. The Morgan fingerprint density at radius 1 is 1.54 bits per heavy atom. The van der Waals surface area contributed by atoms with Crippen molar-refractivity contribution in [3.63, 3.8) is 0 Å². The Labute approximate surface area is 79.3 Å². The van der Waals surface area contributed by atoms with E-state index in [0.717, 1.165) is 19.3 Å². The number of carbonyl (C=O) groups is 1. The van der Waals surface area contributed by atoms with Gasteiger partial charge in [-0.2, -0.15) is 0 Å². The Morgan fingerprint density at radius 3 is 2.62 bits per heavy atom. The lowest BCUT2D eigenvalue weighted by atomic mass is 9.79. The van der Waals surface area contributed by atoms with Crippen molar-refractivity contribution in [2.24, 2.45) is 11.5 Å². The van der Waals surface area contributed by atoms with Crippen LogP contribution in [0.25, 0.3) is 0 Å². The van der Waals surface area contributed by atoms with E-state index in [1.54, 1.807) is 0 Å². The predicted molar refractivity (Wildman–Crippen MR) is 52.1 cm³/mol. The van der Waals surface area contributed by atoms with Crippen LogP contribution in [0.2, 0.25) is 0 Å². The third-order valence-corrected chi connectivity index (χ3v) is 2.98. The highest BCUT2D eigenvalue weighted by atomic mass is 16.1. The topological polar surface area (TPSA) is 72.3 Å². The molecular weight excluding hydrogens is 166 g/mol. The number of nitrogens with two attached hydrogens (primary N) is 2. The van der Waals surface area contributed by atoms with Gasteiger partial charge in [0.1, 0.15) is 0 Å². The number of nitrogens with zero attached hydrogens (tertiary/aromatic N) is 1. The normalized spacial score (nSPS) is 34.9. The molecule has 0 spiro atoms. The number of carbonyl (C=O) groups excluding carboxylic acids is 1. The minimum absolute atomic E-state index is 0.362. The van der Waals surface area contributed by atoms with Crippen LogP contribution in [-0.4, -0.2) is 36.5 Å². The van der Waals surface area contributed by atoms with Crippen molar-refractivity contribution in [1.29, 1.82) is 0 Å². The molecule has 1 aliphatic rings. The van der Waals surface area contributed by atoms with E-state index < -0.39 is 5.54 Å². The van der Waals surface area contributed by atoms with E-state index in [1.807, 2.05) is 14.1 Å². The van der Waals surface area contributed by atoms with Crippen molar-refractivity contribution in [2.75, 3.05) is 14.1 Å². The maximum Gasteiger partial charge on any atom is 0.237 e. The molecule has 13 heavy (non-hydrogen) atoms. The molecule has 0 radical (unpaired) electrons. The SMILES string of the molecule is CN(C)C1CCCC(N)(C(N)=O)C1. The Hall–Kier alpha value is -0.610. The Balaban J connectivity index is 2.65. The van der Waals surface area contributed by atoms with E-state index in [-0.39, 0.29) is 5.91 Å². The molecule has 0 aromatic heterocycles. The van der Waals surface area contributed by atoms with Gasteiger partial charge in [-0.3, -0.25) is 4.79 Å². The Bertz CT molecular complexity index is 205. The van der Waals surface area contributed by atoms with Gasteiger partial charge >= 0.3 is 0 Å². The fourth-order valence-electron chi connectivity index (χ4n) is 1.94. The van der Waals surface area contributed by atoms with Crippen molar-refractivity contribution < 1.29 is 4.79 Å². The van der Waals surface area contributed by atoms with E-state index in [9.17, 15) is 4.79 Å². The highest BCUT2D eigenvalue weighted by Crippen LogP contribution is 2.28. The minimum Gasteiger partial charge on any atom is -0.368 e. The fourth-order valence-corrected chi connectivity index (χ4v) is 1.94. The van der Waals surface area contributed by atoms with Gasteiger partial charge in [0.2, 0.25) is 5.91 Å².